The van der Waals surface area contributed by atoms with Gasteiger partial charge in [0.15, 0.2) is 18.1 Å². The number of anilines is 1. The molecule has 0 unspecified atom stereocenters. The van der Waals surface area contributed by atoms with Crippen LogP contribution in [-0.4, -0.2) is 25.9 Å². The van der Waals surface area contributed by atoms with Crippen LogP contribution in [-0.2, 0) is 4.79 Å². The van der Waals surface area contributed by atoms with E-state index in [1.165, 1.54) is 24.3 Å². The van der Waals surface area contributed by atoms with E-state index in [0.717, 1.165) is 0 Å². The van der Waals surface area contributed by atoms with Gasteiger partial charge in [0, 0.05) is 11.8 Å². The van der Waals surface area contributed by atoms with Crippen molar-refractivity contribution in [3.8, 4) is 23.0 Å². The number of benzene rings is 2. The number of alkyl halides is 2. The molecule has 1 aliphatic heterocycles. The number of ether oxygens (including phenoxy) is 4. The Labute approximate surface area is 135 Å². The number of hydrogen-bond acceptors (Lipinski definition) is 5. The van der Waals surface area contributed by atoms with Crippen molar-refractivity contribution in [1.29, 1.82) is 0 Å². The first-order valence-electron chi connectivity index (χ1n) is 6.97. The van der Waals surface area contributed by atoms with Gasteiger partial charge in [0.25, 0.3) is 5.91 Å². The van der Waals surface area contributed by atoms with E-state index in [1.54, 1.807) is 18.2 Å². The quantitative estimate of drug-likeness (QED) is 0.878. The molecule has 3 rings (SSSR count). The summed E-state index contributed by atoms with van der Waals surface area (Å²) in [6.45, 7) is -2.94. The van der Waals surface area contributed by atoms with Gasteiger partial charge in [-0.25, -0.2) is 0 Å². The number of halogens is 2. The van der Waals surface area contributed by atoms with Crippen LogP contribution in [0.3, 0.4) is 0 Å². The highest BCUT2D eigenvalue weighted by molar-refractivity contribution is 5.91. The van der Waals surface area contributed by atoms with Gasteiger partial charge in [-0.3, -0.25) is 4.79 Å². The molecular formula is C16H13F2NO5. The summed E-state index contributed by atoms with van der Waals surface area (Å²) in [5, 5.41) is 2.58. The zero-order valence-corrected chi connectivity index (χ0v) is 12.3. The summed E-state index contributed by atoms with van der Waals surface area (Å²) >= 11 is 0. The Morgan fingerprint density at radius 2 is 1.79 bits per heavy atom. The molecule has 8 heteroatoms. The van der Waals surface area contributed by atoms with E-state index in [-0.39, 0.29) is 19.1 Å². The zero-order chi connectivity index (χ0) is 16.9. The maximum atomic E-state index is 12.1. The Balaban J connectivity index is 1.50. The summed E-state index contributed by atoms with van der Waals surface area (Å²) in [5.41, 5.74) is 0.441. The summed E-state index contributed by atoms with van der Waals surface area (Å²) in [4.78, 5) is 11.8. The standard InChI is InChI=1S/C16H13F2NO5/c17-16(18)24-11-3-1-10(2-4-11)19-15(20)8-21-12-5-6-13-14(7-12)23-9-22-13/h1-7,16H,8-9H2,(H,19,20). The SMILES string of the molecule is O=C(COc1ccc2c(c1)OCO2)Nc1ccc(OC(F)F)cc1. The summed E-state index contributed by atoms with van der Waals surface area (Å²) < 4.78 is 44.1. The van der Waals surface area contributed by atoms with E-state index in [2.05, 4.69) is 10.1 Å². The number of carbonyl (C=O) groups is 1. The fourth-order valence-corrected chi connectivity index (χ4v) is 2.03. The molecule has 0 spiro atoms. The molecule has 0 fully saturated rings. The Hall–Kier alpha value is -3.03. The van der Waals surface area contributed by atoms with Gasteiger partial charge in [0.05, 0.1) is 0 Å². The van der Waals surface area contributed by atoms with E-state index < -0.39 is 12.5 Å². The second kappa shape index (κ2) is 7.03. The van der Waals surface area contributed by atoms with Crippen LogP contribution in [0, 0.1) is 0 Å². The van der Waals surface area contributed by atoms with Crippen molar-refractivity contribution in [1.82, 2.24) is 0 Å². The third-order valence-electron chi connectivity index (χ3n) is 3.08. The van der Waals surface area contributed by atoms with Gasteiger partial charge >= 0.3 is 6.61 Å². The molecule has 24 heavy (non-hydrogen) atoms. The average molecular weight is 337 g/mol. The van der Waals surface area contributed by atoms with Gasteiger partial charge in [-0.05, 0) is 36.4 Å². The van der Waals surface area contributed by atoms with Crippen LogP contribution in [0.15, 0.2) is 42.5 Å². The number of carbonyl (C=O) groups excluding carboxylic acids is 1. The smallest absolute Gasteiger partial charge is 0.387 e. The molecule has 0 radical (unpaired) electrons. The first kappa shape index (κ1) is 15.9. The van der Waals surface area contributed by atoms with E-state index >= 15 is 0 Å². The minimum absolute atomic E-state index is 0.0135. The van der Waals surface area contributed by atoms with Crippen molar-refractivity contribution >= 4 is 11.6 Å². The molecule has 0 saturated heterocycles. The number of nitrogens with one attached hydrogen (secondary N) is 1. The zero-order valence-electron chi connectivity index (χ0n) is 12.3. The predicted octanol–water partition coefficient (Wildman–Crippen LogP) is 3.03. The summed E-state index contributed by atoms with van der Waals surface area (Å²) in [6, 6.07) is 10.6. The van der Waals surface area contributed by atoms with Crippen molar-refractivity contribution < 1.29 is 32.5 Å². The largest absolute Gasteiger partial charge is 0.484 e. The number of rotatable bonds is 6. The second-order valence-corrected chi connectivity index (χ2v) is 4.75. The lowest BCUT2D eigenvalue weighted by atomic mass is 10.3. The highest BCUT2D eigenvalue weighted by atomic mass is 19.3. The molecule has 1 aliphatic rings. The van der Waals surface area contributed by atoms with Crippen LogP contribution >= 0.6 is 0 Å². The summed E-state index contributed by atoms with van der Waals surface area (Å²) in [7, 11) is 0. The lowest BCUT2D eigenvalue weighted by molar-refractivity contribution is -0.118. The molecule has 0 atom stereocenters. The Morgan fingerprint density at radius 1 is 1.08 bits per heavy atom. The third-order valence-corrected chi connectivity index (χ3v) is 3.08. The van der Waals surface area contributed by atoms with Crippen molar-refractivity contribution in [2.45, 2.75) is 6.61 Å². The Bertz CT molecular complexity index is 721. The molecule has 126 valence electrons. The number of fused-ring (bicyclic) bond motifs is 1. The van der Waals surface area contributed by atoms with Crippen LogP contribution in [0.25, 0.3) is 0 Å². The van der Waals surface area contributed by atoms with E-state index in [9.17, 15) is 13.6 Å². The van der Waals surface area contributed by atoms with Crippen molar-refractivity contribution in [3.05, 3.63) is 42.5 Å². The first-order chi connectivity index (χ1) is 11.6. The Morgan fingerprint density at radius 3 is 2.54 bits per heavy atom. The highest BCUT2D eigenvalue weighted by Crippen LogP contribution is 2.35. The van der Waals surface area contributed by atoms with E-state index in [0.29, 0.717) is 22.9 Å². The lowest BCUT2D eigenvalue weighted by Gasteiger charge is -2.09. The van der Waals surface area contributed by atoms with Gasteiger partial charge in [-0.1, -0.05) is 0 Å². The number of hydrogen-bond donors (Lipinski definition) is 1. The van der Waals surface area contributed by atoms with Crippen LogP contribution < -0.4 is 24.3 Å². The van der Waals surface area contributed by atoms with Crippen molar-refractivity contribution in [2.24, 2.45) is 0 Å². The summed E-state index contributed by atoms with van der Waals surface area (Å²) in [5.74, 6) is 1.27. The van der Waals surface area contributed by atoms with Crippen LogP contribution in [0.5, 0.6) is 23.0 Å². The topological polar surface area (TPSA) is 66.0 Å². The molecule has 1 amide bonds. The van der Waals surface area contributed by atoms with Crippen molar-refractivity contribution in [3.63, 3.8) is 0 Å². The summed E-state index contributed by atoms with van der Waals surface area (Å²) in [6.07, 6.45) is 0. The fourth-order valence-electron chi connectivity index (χ4n) is 2.03. The molecular weight excluding hydrogens is 324 g/mol. The minimum Gasteiger partial charge on any atom is -0.484 e. The molecule has 6 nitrogen and oxygen atoms in total. The molecule has 1 heterocycles. The monoisotopic (exact) mass is 337 g/mol. The van der Waals surface area contributed by atoms with Gasteiger partial charge in [0.2, 0.25) is 6.79 Å². The maximum Gasteiger partial charge on any atom is 0.387 e. The van der Waals surface area contributed by atoms with Crippen LogP contribution in [0.2, 0.25) is 0 Å². The lowest BCUT2D eigenvalue weighted by Crippen LogP contribution is -2.20. The highest BCUT2D eigenvalue weighted by Gasteiger charge is 2.14. The van der Waals surface area contributed by atoms with Crippen LogP contribution in [0.1, 0.15) is 0 Å². The van der Waals surface area contributed by atoms with Crippen LogP contribution in [0.4, 0.5) is 14.5 Å². The minimum atomic E-state index is -2.89. The van der Waals surface area contributed by atoms with Gasteiger partial charge < -0.3 is 24.3 Å². The average Bonchev–Trinajstić information content (AvgIpc) is 3.02. The molecule has 0 aromatic heterocycles. The van der Waals surface area contributed by atoms with Gasteiger partial charge in [-0.2, -0.15) is 8.78 Å². The molecule has 2 aromatic carbocycles. The Kier molecular flexibility index (Phi) is 4.64. The maximum absolute atomic E-state index is 12.1. The molecule has 0 saturated carbocycles. The van der Waals surface area contributed by atoms with Crippen molar-refractivity contribution in [2.75, 3.05) is 18.7 Å². The molecule has 0 aliphatic carbocycles. The second-order valence-electron chi connectivity index (χ2n) is 4.75. The molecule has 0 bridgehead atoms. The third kappa shape index (κ3) is 4.03. The van der Waals surface area contributed by atoms with E-state index in [1.807, 2.05) is 0 Å². The van der Waals surface area contributed by atoms with Gasteiger partial charge in [-0.15, -0.1) is 0 Å². The molecule has 2 aromatic rings. The normalized spacial score (nSPS) is 12.1. The van der Waals surface area contributed by atoms with E-state index in [4.69, 9.17) is 14.2 Å². The molecule has 1 N–H and O–H groups in total. The fraction of sp³-hybridized carbons (Fsp3) is 0.188. The van der Waals surface area contributed by atoms with Gasteiger partial charge in [0.1, 0.15) is 11.5 Å². The predicted molar refractivity (Wildman–Crippen MR) is 79.8 cm³/mol. The number of amides is 1. The first-order valence-corrected chi connectivity index (χ1v) is 6.97.